The molecule has 172 valence electrons. The van der Waals surface area contributed by atoms with Crippen LogP contribution in [0.15, 0.2) is 0 Å². The molecule has 4 rings (SSSR count). The van der Waals surface area contributed by atoms with E-state index in [1.165, 1.54) is 0 Å². The van der Waals surface area contributed by atoms with Crippen molar-refractivity contribution in [2.75, 3.05) is 0 Å². The number of aliphatic carboxylic acids is 2. The summed E-state index contributed by atoms with van der Waals surface area (Å²) < 4.78 is 0. The van der Waals surface area contributed by atoms with Gasteiger partial charge in [-0.15, -0.1) is 0 Å². The molecule has 4 aliphatic rings. The highest BCUT2D eigenvalue weighted by Gasteiger charge is 2.67. The van der Waals surface area contributed by atoms with Gasteiger partial charge in [-0.3, -0.25) is 19.2 Å². The van der Waals surface area contributed by atoms with E-state index in [9.17, 15) is 29.4 Å². The van der Waals surface area contributed by atoms with Crippen LogP contribution in [-0.2, 0) is 19.2 Å². The van der Waals surface area contributed by atoms with Crippen LogP contribution in [0.1, 0.15) is 85.0 Å². The fraction of sp³-hybridized carbons (Fsp3) is 0.840. The molecule has 0 spiro atoms. The van der Waals surface area contributed by atoms with Crippen LogP contribution in [0.3, 0.4) is 0 Å². The van der Waals surface area contributed by atoms with Gasteiger partial charge in [0.2, 0.25) is 0 Å². The van der Waals surface area contributed by atoms with Crippen molar-refractivity contribution in [3.05, 3.63) is 0 Å². The Morgan fingerprint density at radius 2 is 1.65 bits per heavy atom. The van der Waals surface area contributed by atoms with Gasteiger partial charge in [-0.2, -0.15) is 0 Å². The Kier molecular flexibility index (Phi) is 5.37. The molecule has 0 heterocycles. The van der Waals surface area contributed by atoms with E-state index >= 15 is 0 Å². The van der Waals surface area contributed by atoms with E-state index in [-0.39, 0.29) is 58.9 Å². The van der Waals surface area contributed by atoms with E-state index in [4.69, 9.17) is 0 Å². The van der Waals surface area contributed by atoms with Crippen LogP contribution in [-0.4, -0.2) is 33.7 Å². The Labute approximate surface area is 184 Å². The molecule has 0 aromatic rings. The van der Waals surface area contributed by atoms with Crippen LogP contribution in [0.5, 0.6) is 0 Å². The van der Waals surface area contributed by atoms with Gasteiger partial charge in [0.25, 0.3) is 0 Å². The summed E-state index contributed by atoms with van der Waals surface area (Å²) in [5.74, 6) is -0.624. The normalized spacial score (nSPS) is 46.5. The molecule has 4 saturated carbocycles. The van der Waals surface area contributed by atoms with E-state index in [0.717, 1.165) is 32.1 Å². The molecule has 0 aliphatic heterocycles. The molecule has 0 aromatic heterocycles. The summed E-state index contributed by atoms with van der Waals surface area (Å²) in [6.45, 7) is 5.92. The van der Waals surface area contributed by atoms with Crippen LogP contribution < -0.4 is 0 Å². The zero-order valence-electron chi connectivity index (χ0n) is 19.0. The molecule has 0 saturated heterocycles. The summed E-state index contributed by atoms with van der Waals surface area (Å²) in [6.07, 6.45) is 6.15. The van der Waals surface area contributed by atoms with E-state index in [2.05, 4.69) is 13.8 Å². The number of carboxylic acid groups (broad SMARTS) is 2. The topological polar surface area (TPSA) is 109 Å². The minimum absolute atomic E-state index is 0.0150. The van der Waals surface area contributed by atoms with Gasteiger partial charge in [0.1, 0.15) is 11.6 Å². The average molecular weight is 433 g/mol. The summed E-state index contributed by atoms with van der Waals surface area (Å²) in [4.78, 5) is 49.1. The number of hydrogen-bond acceptors (Lipinski definition) is 4. The first-order chi connectivity index (χ1) is 14.4. The molecule has 2 N–H and O–H groups in total. The lowest BCUT2D eigenvalue weighted by atomic mass is 9.42. The summed E-state index contributed by atoms with van der Waals surface area (Å²) in [5, 5.41) is 18.8. The molecule has 0 aromatic carbocycles. The van der Waals surface area contributed by atoms with Crippen molar-refractivity contribution in [1.82, 2.24) is 0 Å². The standard InChI is InChI=1S/C25H36O6/c1-14(26)25(13-22(30)31)9-6-18-16-12-20(27)19-10-15(11-21(28)29)4-7-23(19,2)17(16)5-8-24(18,25)3/h15-19H,4-13H2,1-3H3,(H,28,29)(H,30,31)/t15?,16-,17+,18+,19?,23-,24+,25+/m1/s1. The number of rotatable bonds is 5. The lowest BCUT2D eigenvalue weighted by Crippen LogP contribution is -2.58. The zero-order valence-corrected chi connectivity index (χ0v) is 19.0. The molecule has 4 aliphatic carbocycles. The van der Waals surface area contributed by atoms with Gasteiger partial charge < -0.3 is 10.2 Å². The van der Waals surface area contributed by atoms with Crippen LogP contribution in [0.25, 0.3) is 0 Å². The van der Waals surface area contributed by atoms with Gasteiger partial charge in [-0.05, 0) is 86.4 Å². The van der Waals surface area contributed by atoms with Crippen molar-refractivity contribution in [2.45, 2.75) is 85.0 Å². The lowest BCUT2D eigenvalue weighted by molar-refractivity contribution is -0.167. The third-order valence-electron chi connectivity index (χ3n) is 10.5. The predicted molar refractivity (Wildman–Crippen MR) is 113 cm³/mol. The third kappa shape index (κ3) is 3.19. The summed E-state index contributed by atoms with van der Waals surface area (Å²) in [5.41, 5.74) is -1.30. The van der Waals surface area contributed by atoms with Crippen molar-refractivity contribution in [3.8, 4) is 0 Å². The maximum absolute atomic E-state index is 13.4. The van der Waals surface area contributed by atoms with Gasteiger partial charge in [-0.1, -0.05) is 13.8 Å². The Morgan fingerprint density at radius 1 is 0.968 bits per heavy atom. The Morgan fingerprint density at radius 3 is 2.26 bits per heavy atom. The highest BCUT2D eigenvalue weighted by Crippen LogP contribution is 2.71. The van der Waals surface area contributed by atoms with E-state index in [1.54, 1.807) is 6.92 Å². The van der Waals surface area contributed by atoms with Crippen LogP contribution in [0, 0.1) is 45.8 Å². The van der Waals surface area contributed by atoms with Gasteiger partial charge in [0.05, 0.1) is 6.42 Å². The second-order valence-electron chi connectivity index (χ2n) is 11.5. The maximum atomic E-state index is 13.4. The SMILES string of the molecule is CC(=O)[C@@]1(CC(=O)O)CC[C@H]2[C@@H]3CC(=O)C4CC(CC(=O)O)CC[C@]4(C)[C@H]3CC[C@@]21C. The number of ketones is 2. The van der Waals surface area contributed by atoms with Crippen molar-refractivity contribution < 1.29 is 29.4 Å². The van der Waals surface area contributed by atoms with E-state index < -0.39 is 17.4 Å². The molecule has 4 fully saturated rings. The van der Waals surface area contributed by atoms with E-state index in [1.807, 2.05) is 0 Å². The van der Waals surface area contributed by atoms with Crippen molar-refractivity contribution in [1.29, 1.82) is 0 Å². The van der Waals surface area contributed by atoms with Crippen molar-refractivity contribution in [3.63, 3.8) is 0 Å². The first kappa shape index (κ1) is 22.5. The molecular weight excluding hydrogens is 396 g/mol. The molecule has 6 nitrogen and oxygen atoms in total. The second-order valence-corrected chi connectivity index (χ2v) is 11.5. The highest BCUT2D eigenvalue weighted by molar-refractivity contribution is 5.88. The first-order valence-corrected chi connectivity index (χ1v) is 11.9. The number of carbonyl (C=O) groups is 4. The highest BCUT2D eigenvalue weighted by atomic mass is 16.4. The summed E-state index contributed by atoms with van der Waals surface area (Å²) in [7, 11) is 0. The minimum Gasteiger partial charge on any atom is -0.481 e. The Hall–Kier alpha value is -1.72. The van der Waals surface area contributed by atoms with Gasteiger partial charge >= 0.3 is 11.9 Å². The number of carbonyl (C=O) groups excluding carboxylic acids is 2. The monoisotopic (exact) mass is 432 g/mol. The lowest BCUT2D eigenvalue weighted by Gasteiger charge is -2.61. The average Bonchev–Trinajstić information content (AvgIpc) is 2.96. The van der Waals surface area contributed by atoms with Gasteiger partial charge in [-0.25, -0.2) is 0 Å². The number of hydrogen-bond donors (Lipinski definition) is 2. The molecule has 0 amide bonds. The predicted octanol–water partition coefficient (Wildman–Crippen LogP) is 4.35. The third-order valence-corrected chi connectivity index (χ3v) is 10.5. The maximum Gasteiger partial charge on any atom is 0.304 e. The van der Waals surface area contributed by atoms with Crippen LogP contribution >= 0.6 is 0 Å². The van der Waals surface area contributed by atoms with Gasteiger partial charge in [0, 0.05) is 24.2 Å². The Balaban J connectivity index is 1.64. The zero-order chi connectivity index (χ0) is 22.8. The largest absolute Gasteiger partial charge is 0.481 e. The van der Waals surface area contributed by atoms with Crippen molar-refractivity contribution >= 4 is 23.5 Å². The second kappa shape index (κ2) is 7.41. The number of Topliss-reactive ketones (excluding diaryl/α,β-unsaturated/α-hetero) is 2. The summed E-state index contributed by atoms with van der Waals surface area (Å²) >= 11 is 0. The summed E-state index contributed by atoms with van der Waals surface area (Å²) in [6, 6.07) is 0. The molecular formula is C25H36O6. The smallest absolute Gasteiger partial charge is 0.304 e. The molecule has 2 unspecified atom stereocenters. The van der Waals surface area contributed by atoms with Crippen LogP contribution in [0.2, 0.25) is 0 Å². The fourth-order valence-corrected chi connectivity index (χ4v) is 8.94. The molecule has 8 atom stereocenters. The Bertz CT molecular complexity index is 819. The fourth-order valence-electron chi connectivity index (χ4n) is 8.94. The van der Waals surface area contributed by atoms with Gasteiger partial charge in [0.15, 0.2) is 0 Å². The minimum atomic E-state index is -0.914. The molecule has 0 bridgehead atoms. The van der Waals surface area contributed by atoms with Crippen LogP contribution in [0.4, 0.5) is 0 Å². The number of carboxylic acids is 2. The van der Waals surface area contributed by atoms with Crippen molar-refractivity contribution in [2.24, 2.45) is 45.8 Å². The molecule has 6 heteroatoms. The van der Waals surface area contributed by atoms with E-state index in [0.29, 0.717) is 25.2 Å². The quantitative estimate of drug-likeness (QED) is 0.668. The molecule has 0 radical (unpaired) electrons. The first-order valence-electron chi connectivity index (χ1n) is 11.9. The number of fused-ring (bicyclic) bond motifs is 5. The molecule has 31 heavy (non-hydrogen) atoms.